The number of hydrogen-bond acceptors (Lipinski definition) is 14. The van der Waals surface area contributed by atoms with Crippen molar-refractivity contribution in [3.8, 4) is 0 Å². The van der Waals surface area contributed by atoms with Crippen LogP contribution in [0.5, 0.6) is 0 Å². The van der Waals surface area contributed by atoms with E-state index in [1.54, 1.807) is 41.5 Å². The molecule has 0 amide bonds. The van der Waals surface area contributed by atoms with Crippen molar-refractivity contribution in [2.45, 2.75) is 169 Å². The summed E-state index contributed by atoms with van der Waals surface area (Å²) in [5, 5.41) is 0. The molecule has 15 nitrogen and oxygen atoms in total. The predicted molar refractivity (Wildman–Crippen MR) is 203 cm³/mol. The van der Waals surface area contributed by atoms with Crippen LogP contribution in [0.4, 0.5) is 14.6 Å². The number of nitrogens with two attached hydrogens (primary N) is 1. The van der Waals surface area contributed by atoms with Gasteiger partial charge in [-0.3, -0.25) is 23.5 Å². The summed E-state index contributed by atoms with van der Waals surface area (Å²) in [6, 6.07) is 1.11. The summed E-state index contributed by atoms with van der Waals surface area (Å²) in [6.07, 6.45) is 6.91. The smallest absolute Gasteiger partial charge is 0.453 e. The highest BCUT2D eigenvalue weighted by Gasteiger charge is 2.63. The number of phosphoric acid groups is 1. The minimum absolute atomic E-state index is 0.0230. The minimum atomic E-state index is -4.86. The van der Waals surface area contributed by atoms with Crippen LogP contribution in [0.1, 0.15) is 151 Å². The quantitative estimate of drug-likeness (QED) is 0.0308. The Balaban J connectivity index is 2.13. The number of rotatable bonds is 26. The van der Waals surface area contributed by atoms with E-state index < -0.39 is 86.8 Å². The number of nitrogen functional groups attached to an aromatic ring is 1. The van der Waals surface area contributed by atoms with Crippen molar-refractivity contribution in [3.63, 3.8) is 0 Å². The van der Waals surface area contributed by atoms with E-state index >= 15 is 8.78 Å². The standard InChI is InChI=1S/C38H64F2N3O12P/c1-8-9-10-11-12-13-14-15-16-17-18-19-20-30(44)55-33-28(54-34(38(33,39)40)43-22-21-29(41)42-35(43)47)25-51-56(48,52-26-49-31(45)23-36(2,3)4)53-27-50-32(46)24-37(5,6)7/h21-22,28,33-34H,8-20,23-27H2,1-7H3,(H2,41,42,47)/t28-,33-,34?/m1/s1. The zero-order valence-corrected chi connectivity index (χ0v) is 35.1. The molecule has 0 radical (unpaired) electrons. The topological polar surface area (TPSA) is 194 Å². The Labute approximate surface area is 329 Å². The number of alkyl halides is 2. The largest absolute Gasteiger partial charge is 0.480 e. The first-order valence-corrected chi connectivity index (χ1v) is 21.0. The molecule has 322 valence electrons. The van der Waals surface area contributed by atoms with E-state index in [0.717, 1.165) is 37.9 Å². The maximum absolute atomic E-state index is 16.1. The number of phosphoric ester groups is 1. The van der Waals surface area contributed by atoms with Crippen LogP contribution in [-0.2, 0) is 51.5 Å². The van der Waals surface area contributed by atoms with Gasteiger partial charge < -0.3 is 24.7 Å². The van der Waals surface area contributed by atoms with Crippen molar-refractivity contribution in [3.05, 3.63) is 22.7 Å². The molecule has 1 aromatic rings. The number of carbonyl (C=O) groups excluding carboxylic acids is 3. The van der Waals surface area contributed by atoms with Crippen molar-refractivity contribution in [1.82, 2.24) is 9.55 Å². The van der Waals surface area contributed by atoms with E-state index in [4.69, 9.17) is 38.3 Å². The minimum Gasteiger partial charge on any atom is -0.453 e. The Bertz CT molecular complexity index is 1440. The first-order chi connectivity index (χ1) is 26.2. The van der Waals surface area contributed by atoms with Crippen molar-refractivity contribution in [2.75, 3.05) is 25.9 Å². The Morgan fingerprint density at radius 3 is 1.77 bits per heavy atom. The molecule has 1 unspecified atom stereocenters. The second-order valence-electron chi connectivity index (χ2n) is 16.5. The molecule has 1 aromatic heterocycles. The van der Waals surface area contributed by atoms with Crippen LogP contribution in [0.25, 0.3) is 0 Å². The number of carbonyl (C=O) groups is 3. The van der Waals surface area contributed by atoms with Gasteiger partial charge in [0.2, 0.25) is 19.8 Å². The van der Waals surface area contributed by atoms with Gasteiger partial charge in [-0.25, -0.2) is 18.4 Å². The molecule has 1 saturated heterocycles. The highest BCUT2D eigenvalue weighted by atomic mass is 31.2. The molecule has 2 N–H and O–H groups in total. The molecule has 0 bridgehead atoms. The van der Waals surface area contributed by atoms with Gasteiger partial charge in [-0.1, -0.05) is 119 Å². The third-order valence-corrected chi connectivity index (χ3v) is 9.86. The number of hydrogen-bond donors (Lipinski definition) is 1. The van der Waals surface area contributed by atoms with Gasteiger partial charge in [0.15, 0.2) is 6.10 Å². The van der Waals surface area contributed by atoms with Crippen molar-refractivity contribution < 1.29 is 60.2 Å². The van der Waals surface area contributed by atoms with Gasteiger partial charge in [-0.15, -0.1) is 0 Å². The lowest BCUT2D eigenvalue weighted by atomic mass is 9.92. The van der Waals surface area contributed by atoms with E-state index in [1.165, 1.54) is 38.5 Å². The molecular formula is C38H64F2N3O12P. The van der Waals surface area contributed by atoms with Crippen molar-refractivity contribution in [2.24, 2.45) is 10.8 Å². The highest BCUT2D eigenvalue weighted by Crippen LogP contribution is 2.51. The normalized spacial score (nSPS) is 18.5. The molecule has 0 aromatic carbocycles. The SMILES string of the molecule is CCCCCCCCCCCCCCC(=O)O[C@@H]1[C@@H](COP(=O)(OCOC(=O)CC(C)(C)C)OCOC(=O)CC(C)(C)C)OC(n2ccc(N)nc2=O)C1(F)F. The average Bonchev–Trinajstić information content (AvgIpc) is 3.31. The maximum Gasteiger partial charge on any atom is 0.480 e. The van der Waals surface area contributed by atoms with Gasteiger partial charge in [0.25, 0.3) is 0 Å². The Morgan fingerprint density at radius 1 is 0.821 bits per heavy atom. The Hall–Kier alpha value is -2.98. The number of ether oxygens (including phenoxy) is 4. The van der Waals surface area contributed by atoms with Crippen LogP contribution in [0, 0.1) is 10.8 Å². The number of aromatic nitrogens is 2. The number of unbranched alkanes of at least 4 members (excludes halogenated alkanes) is 11. The first-order valence-electron chi connectivity index (χ1n) is 19.6. The number of esters is 3. The summed E-state index contributed by atoms with van der Waals surface area (Å²) in [7, 11) is -4.86. The number of halogens is 2. The molecule has 3 atom stereocenters. The fourth-order valence-corrected chi connectivity index (χ4v) is 6.64. The van der Waals surface area contributed by atoms with E-state index in [1.807, 2.05) is 0 Å². The first kappa shape index (κ1) is 49.2. The molecule has 2 heterocycles. The summed E-state index contributed by atoms with van der Waals surface area (Å²) in [6.45, 7) is 10.1. The lowest BCUT2D eigenvalue weighted by Crippen LogP contribution is -2.44. The Morgan fingerprint density at radius 2 is 1.30 bits per heavy atom. The molecule has 56 heavy (non-hydrogen) atoms. The van der Waals surface area contributed by atoms with Crippen LogP contribution in [0.15, 0.2) is 17.1 Å². The van der Waals surface area contributed by atoms with Crippen LogP contribution < -0.4 is 11.4 Å². The number of nitrogens with zero attached hydrogens (tertiary/aromatic N) is 2. The van der Waals surface area contributed by atoms with Crippen LogP contribution in [0.3, 0.4) is 0 Å². The van der Waals surface area contributed by atoms with Crippen molar-refractivity contribution in [1.29, 1.82) is 0 Å². The summed E-state index contributed by atoms with van der Waals surface area (Å²) in [5.74, 6) is -6.60. The van der Waals surface area contributed by atoms with Crippen LogP contribution >= 0.6 is 7.82 Å². The molecule has 2 rings (SSSR count). The summed E-state index contributed by atoms with van der Waals surface area (Å²) in [4.78, 5) is 53.5. The van der Waals surface area contributed by atoms with E-state index in [2.05, 4.69) is 11.9 Å². The average molecular weight is 824 g/mol. The lowest BCUT2D eigenvalue weighted by Gasteiger charge is -2.25. The molecule has 0 saturated carbocycles. The van der Waals surface area contributed by atoms with Crippen LogP contribution in [0.2, 0.25) is 0 Å². The molecule has 1 aliphatic rings. The predicted octanol–water partition coefficient (Wildman–Crippen LogP) is 8.39. The molecule has 1 fully saturated rings. The third-order valence-electron chi connectivity index (χ3n) is 8.55. The number of anilines is 1. The second kappa shape index (κ2) is 23.4. The summed E-state index contributed by atoms with van der Waals surface area (Å²) < 4.78 is 82.8. The molecular weight excluding hydrogens is 759 g/mol. The fraction of sp³-hybridized carbons (Fsp3) is 0.816. The molecule has 0 aliphatic carbocycles. The van der Waals surface area contributed by atoms with Crippen LogP contribution in [-0.4, -0.2) is 65.8 Å². The lowest BCUT2D eigenvalue weighted by molar-refractivity contribution is -0.176. The molecule has 0 spiro atoms. The summed E-state index contributed by atoms with van der Waals surface area (Å²) in [5.41, 5.74) is 3.49. The zero-order chi connectivity index (χ0) is 42.0. The fourth-order valence-electron chi connectivity index (χ4n) is 5.72. The second-order valence-corrected chi connectivity index (χ2v) is 18.2. The molecule has 1 aliphatic heterocycles. The van der Waals surface area contributed by atoms with Gasteiger partial charge >= 0.3 is 37.3 Å². The van der Waals surface area contributed by atoms with Gasteiger partial charge in [-0.2, -0.15) is 13.8 Å². The van der Waals surface area contributed by atoms with Gasteiger partial charge in [0.05, 0.1) is 19.4 Å². The third kappa shape index (κ3) is 19.0. The van der Waals surface area contributed by atoms with Gasteiger partial charge in [-0.05, 0) is 23.3 Å². The van der Waals surface area contributed by atoms with Gasteiger partial charge in [0, 0.05) is 12.6 Å². The summed E-state index contributed by atoms with van der Waals surface area (Å²) >= 11 is 0. The van der Waals surface area contributed by atoms with E-state index in [-0.39, 0.29) is 25.1 Å². The highest BCUT2D eigenvalue weighted by molar-refractivity contribution is 7.48. The van der Waals surface area contributed by atoms with Gasteiger partial charge in [0.1, 0.15) is 11.9 Å². The van der Waals surface area contributed by atoms with E-state index in [0.29, 0.717) is 17.4 Å². The van der Waals surface area contributed by atoms with Crippen molar-refractivity contribution >= 4 is 31.5 Å². The molecule has 18 heteroatoms. The monoisotopic (exact) mass is 823 g/mol. The van der Waals surface area contributed by atoms with E-state index in [9.17, 15) is 23.7 Å². The zero-order valence-electron chi connectivity index (χ0n) is 34.2. The maximum atomic E-state index is 16.1. The Kier molecular flexibility index (Phi) is 20.6.